The first-order valence-corrected chi connectivity index (χ1v) is 4.36. The number of hydrogen-bond donors (Lipinski definition) is 9. The van der Waals surface area contributed by atoms with Gasteiger partial charge >= 0.3 is 15.4 Å². The van der Waals surface area contributed by atoms with Crippen LogP contribution in [0.3, 0.4) is 0 Å². The van der Waals surface area contributed by atoms with Crippen molar-refractivity contribution in [3.63, 3.8) is 0 Å². The third-order valence-corrected chi connectivity index (χ3v) is 1.42. The highest BCUT2D eigenvalue weighted by molar-refractivity contribution is 6.13. The van der Waals surface area contributed by atoms with E-state index >= 15 is 0 Å². The smallest absolute Gasteiger partial charge is 0.429 e. The minimum Gasteiger partial charge on any atom is -0.429 e. The minimum absolute atomic E-state index is 0. The van der Waals surface area contributed by atoms with Crippen LogP contribution in [0.2, 0.25) is 0 Å². The maximum atomic E-state index is 9.90. The monoisotopic (exact) mass is 270 g/mol. The van der Waals surface area contributed by atoms with Crippen molar-refractivity contribution in [1.82, 2.24) is 0 Å². The Balaban J connectivity index is -0.000000315. The number of aliphatic hydroxyl groups is 5. The Morgan fingerprint density at radius 2 is 1.22 bits per heavy atom. The SMILES string of the molecule is O=C[C@H](O)[C@@H](O)[C@H](O)[C@H](O)CO.O[B]O.O[B]O. The number of hydrogen-bond acceptors (Lipinski definition) is 10. The normalized spacial score (nSPS) is 15.6. The third kappa shape index (κ3) is 13.5. The van der Waals surface area contributed by atoms with Crippen LogP contribution in [0.15, 0.2) is 0 Å². The van der Waals surface area contributed by atoms with E-state index in [0.717, 1.165) is 0 Å². The van der Waals surface area contributed by atoms with E-state index in [1.165, 1.54) is 0 Å². The minimum atomic E-state index is -1.79. The second kappa shape index (κ2) is 16.4. The summed E-state index contributed by atoms with van der Waals surface area (Å²) in [7, 11) is 0. The van der Waals surface area contributed by atoms with Gasteiger partial charge in [-0.25, -0.2) is 0 Å². The zero-order valence-corrected chi connectivity index (χ0v) is 9.18. The number of rotatable bonds is 5. The van der Waals surface area contributed by atoms with Crippen LogP contribution in [-0.2, 0) is 4.79 Å². The summed E-state index contributed by atoms with van der Waals surface area (Å²) in [6.07, 6.45) is -6.84. The largest absolute Gasteiger partial charge is 0.482 e. The Kier molecular flexibility index (Phi) is 20.6. The molecular formula is C6H16B2O10. The van der Waals surface area contributed by atoms with Gasteiger partial charge in [0.1, 0.15) is 24.4 Å². The van der Waals surface area contributed by atoms with Gasteiger partial charge in [-0.05, 0) is 0 Å². The highest BCUT2D eigenvalue weighted by Crippen LogP contribution is 2.02. The lowest BCUT2D eigenvalue weighted by molar-refractivity contribution is -0.136. The van der Waals surface area contributed by atoms with E-state index in [1.807, 2.05) is 0 Å². The van der Waals surface area contributed by atoms with Crippen LogP contribution >= 0.6 is 0 Å². The van der Waals surface area contributed by atoms with Crippen molar-refractivity contribution in [1.29, 1.82) is 0 Å². The fourth-order valence-electron chi connectivity index (χ4n) is 0.618. The maximum Gasteiger partial charge on any atom is 0.482 e. The molecule has 0 aliphatic heterocycles. The predicted octanol–water partition coefficient (Wildman–Crippen LogP) is -6.37. The molecule has 0 amide bonds. The molecule has 0 aromatic heterocycles. The zero-order chi connectivity index (χ0) is 15.1. The summed E-state index contributed by atoms with van der Waals surface area (Å²) in [5.41, 5.74) is 0. The van der Waals surface area contributed by atoms with Crippen molar-refractivity contribution >= 4 is 21.7 Å². The molecule has 0 unspecified atom stereocenters. The van der Waals surface area contributed by atoms with Crippen molar-refractivity contribution in [3.8, 4) is 0 Å². The second-order valence-corrected chi connectivity index (χ2v) is 2.59. The summed E-state index contributed by atoms with van der Waals surface area (Å²) in [5.74, 6) is 0. The molecule has 4 atom stereocenters. The average molecular weight is 270 g/mol. The van der Waals surface area contributed by atoms with Gasteiger partial charge in [0, 0.05) is 0 Å². The van der Waals surface area contributed by atoms with Gasteiger partial charge in [-0.2, -0.15) is 0 Å². The Hall–Kier alpha value is -0.560. The first-order chi connectivity index (χ1) is 8.37. The van der Waals surface area contributed by atoms with Crippen LogP contribution in [0.1, 0.15) is 0 Å². The van der Waals surface area contributed by atoms with Crippen molar-refractivity contribution in [2.45, 2.75) is 24.4 Å². The van der Waals surface area contributed by atoms with Crippen molar-refractivity contribution in [2.75, 3.05) is 6.61 Å². The van der Waals surface area contributed by atoms with E-state index in [-0.39, 0.29) is 21.7 Å². The molecule has 9 N–H and O–H groups in total. The quantitative estimate of drug-likeness (QED) is 0.171. The van der Waals surface area contributed by atoms with Crippen LogP contribution in [0.25, 0.3) is 0 Å². The van der Waals surface area contributed by atoms with Gasteiger partial charge in [0.15, 0.2) is 6.29 Å². The second-order valence-electron chi connectivity index (χ2n) is 2.59. The van der Waals surface area contributed by atoms with Gasteiger partial charge < -0.3 is 50.4 Å². The molecule has 0 aromatic carbocycles. The van der Waals surface area contributed by atoms with Gasteiger partial charge in [-0.1, -0.05) is 0 Å². The number of carbonyl (C=O) groups excluding carboxylic acids is 1. The summed E-state index contributed by atoms with van der Waals surface area (Å²) in [6.45, 7) is -0.760. The summed E-state index contributed by atoms with van der Waals surface area (Å²) in [6, 6.07) is 0. The van der Waals surface area contributed by atoms with Crippen molar-refractivity contribution in [2.24, 2.45) is 0 Å². The van der Waals surface area contributed by atoms with Crippen molar-refractivity contribution < 1.29 is 50.4 Å². The van der Waals surface area contributed by atoms with Crippen LogP contribution in [0.5, 0.6) is 0 Å². The van der Waals surface area contributed by atoms with Crippen LogP contribution in [0, 0.1) is 0 Å². The molecule has 2 radical (unpaired) electrons. The van der Waals surface area contributed by atoms with E-state index < -0.39 is 31.0 Å². The molecule has 0 aliphatic rings. The molecule has 0 saturated heterocycles. The van der Waals surface area contributed by atoms with Gasteiger partial charge in [0.2, 0.25) is 0 Å². The molecule has 0 heterocycles. The Morgan fingerprint density at radius 1 is 0.889 bits per heavy atom. The van der Waals surface area contributed by atoms with Gasteiger partial charge in [-0.15, -0.1) is 0 Å². The third-order valence-electron chi connectivity index (χ3n) is 1.42. The maximum absolute atomic E-state index is 9.90. The van der Waals surface area contributed by atoms with Gasteiger partial charge in [0.25, 0.3) is 0 Å². The lowest BCUT2D eigenvalue weighted by atomic mass is 10.0. The topological polar surface area (TPSA) is 199 Å². The first kappa shape index (κ1) is 22.6. The zero-order valence-electron chi connectivity index (χ0n) is 9.18. The molecule has 0 spiro atoms. The first-order valence-electron chi connectivity index (χ1n) is 4.36. The molecule has 0 rings (SSSR count). The van der Waals surface area contributed by atoms with E-state index in [0.29, 0.717) is 0 Å². The lowest BCUT2D eigenvalue weighted by Crippen LogP contribution is -2.46. The summed E-state index contributed by atoms with van der Waals surface area (Å²) < 4.78 is 0. The standard InChI is InChI=1S/C6H12O6.2BH2O2/c7-1-3(9)5(11)6(12)4(10)2-8;2*2-1-3/h1,3-6,8-12H,2H2;2*2-3H/t3-,4+,5+,6+;;/m0../s1. The number of aldehydes is 1. The Bertz CT molecular complexity index is 170. The summed E-state index contributed by atoms with van der Waals surface area (Å²) in [4.78, 5) is 9.90. The average Bonchev–Trinajstić information content (AvgIpc) is 2.36. The van der Waals surface area contributed by atoms with E-state index in [2.05, 4.69) is 0 Å². The van der Waals surface area contributed by atoms with E-state index in [9.17, 15) is 4.79 Å². The number of aliphatic hydroxyl groups excluding tert-OH is 5. The summed E-state index contributed by atoms with van der Waals surface area (Å²) >= 11 is 0. The van der Waals surface area contributed by atoms with E-state index in [4.69, 9.17) is 45.6 Å². The Labute approximate surface area is 104 Å². The van der Waals surface area contributed by atoms with Crippen LogP contribution in [0.4, 0.5) is 0 Å². The molecule has 106 valence electrons. The van der Waals surface area contributed by atoms with Crippen molar-refractivity contribution in [3.05, 3.63) is 0 Å². The molecular weight excluding hydrogens is 254 g/mol. The lowest BCUT2D eigenvalue weighted by Gasteiger charge is -2.22. The molecule has 0 fully saturated rings. The van der Waals surface area contributed by atoms with E-state index in [1.54, 1.807) is 0 Å². The van der Waals surface area contributed by atoms with Crippen LogP contribution < -0.4 is 0 Å². The molecule has 0 saturated carbocycles. The molecule has 0 aliphatic carbocycles. The fraction of sp³-hybridized carbons (Fsp3) is 0.833. The Morgan fingerprint density at radius 3 is 1.44 bits per heavy atom. The van der Waals surface area contributed by atoms with Crippen LogP contribution in [-0.4, -0.2) is 98.3 Å². The molecule has 18 heavy (non-hydrogen) atoms. The predicted molar refractivity (Wildman–Crippen MR) is 57.6 cm³/mol. The fourth-order valence-corrected chi connectivity index (χ4v) is 0.618. The highest BCUT2D eigenvalue weighted by Gasteiger charge is 2.29. The molecule has 0 aromatic rings. The molecule has 12 heteroatoms. The number of carbonyl (C=O) groups is 1. The van der Waals surface area contributed by atoms with Gasteiger partial charge in [0.05, 0.1) is 6.61 Å². The van der Waals surface area contributed by atoms with Gasteiger partial charge in [-0.3, -0.25) is 0 Å². The summed E-state index contributed by atoms with van der Waals surface area (Å²) in [5, 5.41) is 71.5. The highest BCUT2D eigenvalue weighted by atomic mass is 16.4. The molecule has 0 bridgehead atoms. The molecule has 10 nitrogen and oxygen atoms in total.